The molecule has 0 bridgehead atoms. The summed E-state index contributed by atoms with van der Waals surface area (Å²) in [6, 6.07) is 0.347. The number of hydrogen-bond acceptors (Lipinski definition) is 7. The van der Waals surface area contributed by atoms with Gasteiger partial charge in [-0.1, -0.05) is 12.8 Å². The number of carbonyl (C=O) groups is 1. The van der Waals surface area contributed by atoms with E-state index in [0.29, 0.717) is 24.1 Å². The first kappa shape index (κ1) is 18.9. The minimum absolute atomic E-state index is 0.107. The molecule has 1 saturated carbocycles. The number of hydrogen-bond donors (Lipinski definition) is 1. The van der Waals surface area contributed by atoms with Gasteiger partial charge in [-0.3, -0.25) is 9.69 Å². The van der Waals surface area contributed by atoms with Gasteiger partial charge in [-0.05, 0) is 26.9 Å². The quantitative estimate of drug-likeness (QED) is 0.428. The van der Waals surface area contributed by atoms with Gasteiger partial charge in [0.25, 0.3) is 0 Å². The average Bonchev–Trinajstić information content (AvgIpc) is 3.12. The molecule has 0 aliphatic heterocycles. The summed E-state index contributed by atoms with van der Waals surface area (Å²) in [5, 5.41) is 10.2. The fourth-order valence-corrected chi connectivity index (χ4v) is 2.80. The largest absolute Gasteiger partial charge is 0.460 e. The van der Waals surface area contributed by atoms with Gasteiger partial charge in [-0.25, -0.2) is 9.97 Å². The number of aliphatic hydroxyl groups is 1. The first-order valence-corrected chi connectivity index (χ1v) is 8.68. The molecule has 1 aliphatic rings. The Labute approximate surface area is 147 Å². The van der Waals surface area contributed by atoms with Gasteiger partial charge in [-0.15, -0.1) is 11.6 Å². The van der Waals surface area contributed by atoms with Crippen LogP contribution in [0.1, 0.15) is 31.2 Å². The van der Waals surface area contributed by atoms with Gasteiger partial charge in [0.15, 0.2) is 0 Å². The summed E-state index contributed by atoms with van der Waals surface area (Å²) in [6.07, 6.45) is 7.24. The molecule has 134 valence electrons. The van der Waals surface area contributed by atoms with E-state index in [1.54, 1.807) is 17.3 Å². The van der Waals surface area contributed by atoms with Crippen LogP contribution in [0.3, 0.4) is 0 Å². The molecular formula is C16H25ClN4O3. The van der Waals surface area contributed by atoms with Crippen molar-refractivity contribution < 1.29 is 14.6 Å². The zero-order valence-electron chi connectivity index (χ0n) is 14.2. The number of anilines is 1. The van der Waals surface area contributed by atoms with Gasteiger partial charge in [-0.2, -0.15) is 0 Å². The van der Waals surface area contributed by atoms with E-state index in [0.717, 1.165) is 12.8 Å². The number of aliphatic hydroxyl groups excluding tert-OH is 1. The van der Waals surface area contributed by atoms with Gasteiger partial charge in [0.2, 0.25) is 5.95 Å². The Hall–Kier alpha value is -1.44. The van der Waals surface area contributed by atoms with Crippen molar-refractivity contribution in [2.24, 2.45) is 0 Å². The molecule has 24 heavy (non-hydrogen) atoms. The van der Waals surface area contributed by atoms with E-state index in [4.69, 9.17) is 16.3 Å². The van der Waals surface area contributed by atoms with Crippen molar-refractivity contribution in [3.8, 4) is 0 Å². The maximum atomic E-state index is 11.1. The number of nitrogens with zero attached hydrogens (tertiary/aromatic N) is 4. The number of esters is 1. The summed E-state index contributed by atoms with van der Waals surface area (Å²) in [4.78, 5) is 23.7. The van der Waals surface area contributed by atoms with E-state index in [-0.39, 0.29) is 12.5 Å². The van der Waals surface area contributed by atoms with Crippen LogP contribution in [0.25, 0.3) is 0 Å². The van der Waals surface area contributed by atoms with Crippen LogP contribution in [-0.2, 0) is 16.1 Å². The fraction of sp³-hybridized carbons (Fsp3) is 0.688. The Balaban J connectivity index is 2.06. The number of alkyl halides is 1. The van der Waals surface area contributed by atoms with E-state index < -0.39 is 12.2 Å². The molecule has 1 aromatic rings. The minimum atomic E-state index is -0.585. The second-order valence-corrected chi connectivity index (χ2v) is 6.49. The first-order chi connectivity index (χ1) is 11.5. The summed E-state index contributed by atoms with van der Waals surface area (Å²) < 4.78 is 4.96. The lowest BCUT2D eigenvalue weighted by Gasteiger charge is -2.32. The summed E-state index contributed by atoms with van der Waals surface area (Å²) in [7, 11) is 3.68. The van der Waals surface area contributed by atoms with Gasteiger partial charge >= 0.3 is 5.97 Å². The van der Waals surface area contributed by atoms with Crippen molar-refractivity contribution in [2.75, 3.05) is 31.4 Å². The summed E-state index contributed by atoms with van der Waals surface area (Å²) in [5.41, 5.74) is 0.705. The minimum Gasteiger partial charge on any atom is -0.460 e. The molecule has 7 nitrogen and oxygen atoms in total. The van der Waals surface area contributed by atoms with Crippen LogP contribution >= 0.6 is 11.6 Å². The first-order valence-electron chi connectivity index (χ1n) is 8.15. The Morgan fingerprint density at radius 2 is 2.00 bits per heavy atom. The monoisotopic (exact) mass is 356 g/mol. The van der Waals surface area contributed by atoms with Gasteiger partial charge in [0.05, 0.1) is 6.54 Å². The third-order valence-corrected chi connectivity index (χ3v) is 4.40. The normalized spacial score (nSPS) is 16.4. The molecule has 1 atom stereocenters. The van der Waals surface area contributed by atoms with Crippen LogP contribution in [0.15, 0.2) is 12.4 Å². The van der Waals surface area contributed by atoms with Crippen LogP contribution in [0.5, 0.6) is 0 Å². The zero-order valence-corrected chi connectivity index (χ0v) is 14.9. The third kappa shape index (κ3) is 5.29. The van der Waals surface area contributed by atoms with E-state index in [1.807, 2.05) is 14.1 Å². The second-order valence-electron chi connectivity index (χ2n) is 6.22. The average molecular weight is 357 g/mol. The molecule has 0 radical (unpaired) electrons. The Kier molecular flexibility index (Phi) is 7.20. The molecule has 0 spiro atoms. The fourth-order valence-electron chi connectivity index (χ4n) is 2.72. The predicted octanol–water partition coefficient (Wildman–Crippen LogP) is 1.39. The number of ether oxygens (including phenoxy) is 1. The van der Waals surface area contributed by atoms with Gasteiger partial charge in [0, 0.05) is 24.0 Å². The number of halogens is 1. The lowest BCUT2D eigenvalue weighted by Crippen LogP contribution is -2.45. The summed E-state index contributed by atoms with van der Waals surface area (Å²) in [5.74, 6) is -0.0470. The molecule has 1 heterocycles. The highest BCUT2D eigenvalue weighted by molar-refractivity contribution is 6.26. The van der Waals surface area contributed by atoms with Crippen LogP contribution < -0.4 is 4.90 Å². The Morgan fingerprint density at radius 1 is 1.38 bits per heavy atom. The summed E-state index contributed by atoms with van der Waals surface area (Å²) in [6.45, 7) is 0.563. The Bertz CT molecular complexity index is 521. The second kappa shape index (κ2) is 9.15. The van der Waals surface area contributed by atoms with E-state index >= 15 is 0 Å². The Morgan fingerprint density at radius 3 is 2.54 bits per heavy atom. The molecular weight excluding hydrogens is 332 g/mol. The number of aromatic nitrogens is 2. The molecule has 1 aliphatic carbocycles. The maximum Gasteiger partial charge on any atom is 0.321 e. The number of likely N-dealkylation sites (N-methyl/N-ethyl adjacent to an activating group) is 1. The van der Waals surface area contributed by atoms with Crippen LogP contribution in [0.4, 0.5) is 5.95 Å². The van der Waals surface area contributed by atoms with Gasteiger partial charge in [0.1, 0.15) is 18.7 Å². The van der Waals surface area contributed by atoms with Crippen molar-refractivity contribution in [1.82, 2.24) is 14.9 Å². The lowest BCUT2D eigenvalue weighted by atomic mass is 10.2. The van der Waals surface area contributed by atoms with Crippen molar-refractivity contribution in [3.05, 3.63) is 18.0 Å². The van der Waals surface area contributed by atoms with E-state index in [1.165, 1.54) is 12.8 Å². The highest BCUT2D eigenvalue weighted by Gasteiger charge is 2.27. The molecule has 0 amide bonds. The smallest absolute Gasteiger partial charge is 0.321 e. The van der Waals surface area contributed by atoms with Gasteiger partial charge < -0.3 is 14.7 Å². The molecule has 1 unspecified atom stereocenters. The van der Waals surface area contributed by atoms with Crippen molar-refractivity contribution in [2.45, 2.75) is 44.6 Å². The van der Waals surface area contributed by atoms with Crippen molar-refractivity contribution in [3.63, 3.8) is 0 Å². The molecule has 8 heteroatoms. The van der Waals surface area contributed by atoms with Crippen LogP contribution in [0, 0.1) is 0 Å². The molecule has 1 fully saturated rings. The predicted molar refractivity (Wildman–Crippen MR) is 91.8 cm³/mol. The SMILES string of the molecule is CN(C)C(O)CN(c1ncc(COC(=O)CCl)cn1)C1CCCC1. The van der Waals surface area contributed by atoms with E-state index in [2.05, 4.69) is 14.9 Å². The summed E-state index contributed by atoms with van der Waals surface area (Å²) >= 11 is 5.39. The van der Waals surface area contributed by atoms with Crippen molar-refractivity contribution in [1.29, 1.82) is 0 Å². The van der Waals surface area contributed by atoms with E-state index in [9.17, 15) is 9.90 Å². The molecule has 1 N–H and O–H groups in total. The third-order valence-electron chi connectivity index (χ3n) is 4.18. The number of carbonyl (C=O) groups excluding carboxylic acids is 1. The molecule has 1 aromatic heterocycles. The highest BCUT2D eigenvalue weighted by Crippen LogP contribution is 2.26. The van der Waals surface area contributed by atoms with Crippen molar-refractivity contribution >= 4 is 23.5 Å². The lowest BCUT2D eigenvalue weighted by molar-refractivity contribution is -0.141. The van der Waals surface area contributed by atoms with Crippen LogP contribution in [-0.4, -0.2) is 64.7 Å². The molecule has 0 saturated heterocycles. The zero-order chi connectivity index (χ0) is 17.5. The topological polar surface area (TPSA) is 78.8 Å². The standard InChI is InChI=1S/C16H25ClN4O3/c1-20(2)14(22)10-21(13-5-3-4-6-13)16-18-8-12(9-19-16)11-24-15(23)7-17/h8-9,13-14,22H,3-7,10-11H2,1-2H3. The highest BCUT2D eigenvalue weighted by atomic mass is 35.5. The number of rotatable bonds is 8. The molecule has 2 rings (SSSR count). The maximum absolute atomic E-state index is 11.1. The van der Waals surface area contributed by atoms with Crippen LogP contribution in [0.2, 0.25) is 0 Å². The molecule has 0 aromatic carbocycles.